The van der Waals surface area contributed by atoms with Gasteiger partial charge in [0.1, 0.15) is 11.3 Å². The molecular formula is C29H33N5O2. The van der Waals surface area contributed by atoms with Crippen molar-refractivity contribution in [3.63, 3.8) is 0 Å². The number of nitrogens with one attached hydrogen (secondary N) is 1. The number of hydrogen-bond donors (Lipinski definition) is 1. The summed E-state index contributed by atoms with van der Waals surface area (Å²) in [5.41, 5.74) is 7.72. The Morgan fingerprint density at radius 2 is 1.89 bits per heavy atom. The van der Waals surface area contributed by atoms with E-state index in [1.165, 1.54) is 11.1 Å². The average molecular weight is 484 g/mol. The molecule has 2 aromatic heterocycles. The third kappa shape index (κ3) is 5.11. The Labute approximate surface area is 211 Å². The van der Waals surface area contributed by atoms with E-state index < -0.39 is 0 Å². The van der Waals surface area contributed by atoms with Gasteiger partial charge in [-0.1, -0.05) is 41.6 Å². The van der Waals surface area contributed by atoms with Gasteiger partial charge in [0.2, 0.25) is 0 Å². The number of aromatic nitrogens is 3. The maximum Gasteiger partial charge on any atom is 0.261 e. The Balaban J connectivity index is 1.15. The minimum atomic E-state index is -0.215. The van der Waals surface area contributed by atoms with Gasteiger partial charge in [0.25, 0.3) is 5.91 Å². The quantitative estimate of drug-likeness (QED) is 0.322. The molecule has 7 heteroatoms. The highest BCUT2D eigenvalue weighted by molar-refractivity contribution is 6.06. The van der Waals surface area contributed by atoms with E-state index in [1.54, 1.807) is 13.8 Å². The van der Waals surface area contributed by atoms with Crippen LogP contribution in [0.2, 0.25) is 0 Å². The molecule has 0 spiro atoms. The lowest BCUT2D eigenvalue weighted by Gasteiger charge is -2.26. The Morgan fingerprint density at radius 1 is 1.08 bits per heavy atom. The van der Waals surface area contributed by atoms with E-state index in [2.05, 4.69) is 68.3 Å². The van der Waals surface area contributed by atoms with Crippen LogP contribution >= 0.6 is 0 Å². The molecule has 5 rings (SSSR count). The standard InChI is InChI=1S/C29H33N5O2/c1-20-17-25(31-29(35)27-21(2)32-36-22(27)3)18-26-28(20)34(19-30-26)14-8-7-13-33-15-11-24(12-16-33)23-9-5-4-6-10-23/h4-6,9-11,17-19H,7-8,12-16H2,1-3H3,(H,31,35). The van der Waals surface area contributed by atoms with Gasteiger partial charge in [-0.25, -0.2) is 4.98 Å². The van der Waals surface area contributed by atoms with Crippen LogP contribution < -0.4 is 5.32 Å². The number of fused-ring (bicyclic) bond motifs is 1. The molecule has 0 fully saturated rings. The largest absolute Gasteiger partial charge is 0.361 e. The summed E-state index contributed by atoms with van der Waals surface area (Å²) in [5.74, 6) is 0.303. The summed E-state index contributed by atoms with van der Waals surface area (Å²) in [6.07, 6.45) is 7.66. The van der Waals surface area contributed by atoms with E-state index in [4.69, 9.17) is 4.52 Å². The molecule has 1 amide bonds. The summed E-state index contributed by atoms with van der Waals surface area (Å²) in [7, 11) is 0. The number of nitrogens with zero attached hydrogens (tertiary/aromatic N) is 4. The van der Waals surface area contributed by atoms with E-state index in [1.807, 2.05) is 18.5 Å². The van der Waals surface area contributed by atoms with Gasteiger partial charge in [-0.2, -0.15) is 0 Å². The highest BCUT2D eigenvalue weighted by Crippen LogP contribution is 2.25. The number of amides is 1. The highest BCUT2D eigenvalue weighted by Gasteiger charge is 2.18. The molecule has 0 radical (unpaired) electrons. The molecule has 0 bridgehead atoms. The first-order chi connectivity index (χ1) is 17.5. The van der Waals surface area contributed by atoms with Crippen molar-refractivity contribution in [2.45, 2.75) is 46.6 Å². The van der Waals surface area contributed by atoms with Gasteiger partial charge in [0.15, 0.2) is 0 Å². The number of aryl methyl sites for hydroxylation is 4. The second-order valence-electron chi connectivity index (χ2n) is 9.61. The van der Waals surface area contributed by atoms with Crippen LogP contribution in [0.3, 0.4) is 0 Å². The van der Waals surface area contributed by atoms with E-state index in [0.29, 0.717) is 17.0 Å². The molecule has 3 heterocycles. The number of imidazole rings is 1. The Hall–Kier alpha value is -3.71. The Morgan fingerprint density at radius 3 is 2.61 bits per heavy atom. The predicted molar refractivity (Wildman–Crippen MR) is 143 cm³/mol. The van der Waals surface area contributed by atoms with Gasteiger partial charge >= 0.3 is 0 Å². The third-order valence-electron chi connectivity index (χ3n) is 6.98. The van der Waals surface area contributed by atoms with Crippen molar-refractivity contribution >= 4 is 28.2 Å². The number of benzene rings is 2. The molecule has 0 unspecified atom stereocenters. The maximum atomic E-state index is 12.7. The topological polar surface area (TPSA) is 76.2 Å². The van der Waals surface area contributed by atoms with Crippen LogP contribution in [0.4, 0.5) is 5.69 Å². The third-order valence-corrected chi connectivity index (χ3v) is 6.98. The zero-order valence-electron chi connectivity index (χ0n) is 21.3. The fourth-order valence-electron chi connectivity index (χ4n) is 5.11. The van der Waals surface area contributed by atoms with Crippen molar-refractivity contribution in [1.82, 2.24) is 19.6 Å². The van der Waals surface area contributed by atoms with E-state index in [0.717, 1.165) is 67.7 Å². The van der Waals surface area contributed by atoms with Gasteiger partial charge in [-0.05, 0) is 75.4 Å². The van der Waals surface area contributed by atoms with Crippen LogP contribution in [0.25, 0.3) is 16.6 Å². The highest BCUT2D eigenvalue weighted by atomic mass is 16.5. The van der Waals surface area contributed by atoms with Crippen LogP contribution in [0.5, 0.6) is 0 Å². The number of carbonyl (C=O) groups is 1. The number of unbranched alkanes of at least 4 members (excludes halogenated alkanes) is 1. The molecule has 4 aromatic rings. The van der Waals surface area contributed by atoms with Gasteiger partial charge in [0.05, 0.1) is 23.1 Å². The first-order valence-electron chi connectivity index (χ1n) is 12.7. The van der Waals surface area contributed by atoms with Crippen LogP contribution in [0.1, 0.15) is 52.2 Å². The van der Waals surface area contributed by atoms with E-state index in [-0.39, 0.29) is 5.91 Å². The normalized spacial score (nSPS) is 14.2. The predicted octanol–water partition coefficient (Wildman–Crippen LogP) is 5.77. The summed E-state index contributed by atoms with van der Waals surface area (Å²) < 4.78 is 7.36. The molecule has 1 N–H and O–H groups in total. The molecule has 2 aromatic carbocycles. The van der Waals surface area contributed by atoms with Crippen LogP contribution in [-0.2, 0) is 6.54 Å². The first kappa shape index (κ1) is 24.0. The first-order valence-corrected chi connectivity index (χ1v) is 12.7. The summed E-state index contributed by atoms with van der Waals surface area (Å²) in [4.78, 5) is 19.9. The number of carbonyl (C=O) groups excluding carboxylic acids is 1. The number of rotatable bonds is 8. The van der Waals surface area contributed by atoms with Crippen molar-refractivity contribution in [3.05, 3.63) is 83.0 Å². The summed E-state index contributed by atoms with van der Waals surface area (Å²) in [5, 5.41) is 6.85. The lowest BCUT2D eigenvalue weighted by atomic mass is 9.99. The SMILES string of the molecule is Cc1noc(C)c1C(=O)Nc1cc(C)c2c(c1)ncn2CCCCN1CC=C(c2ccccc2)CC1. The number of hydrogen-bond acceptors (Lipinski definition) is 5. The zero-order chi connectivity index (χ0) is 25.1. The molecule has 1 aliphatic rings. The van der Waals surface area contributed by atoms with Gasteiger partial charge in [-0.3, -0.25) is 9.69 Å². The molecular weight excluding hydrogens is 450 g/mol. The number of anilines is 1. The minimum absolute atomic E-state index is 0.215. The van der Waals surface area contributed by atoms with E-state index in [9.17, 15) is 4.79 Å². The van der Waals surface area contributed by atoms with Crippen LogP contribution in [-0.4, -0.2) is 45.1 Å². The molecule has 0 saturated heterocycles. The lowest BCUT2D eigenvalue weighted by Crippen LogP contribution is -2.29. The van der Waals surface area contributed by atoms with Crippen molar-refractivity contribution in [1.29, 1.82) is 0 Å². The van der Waals surface area contributed by atoms with Crippen molar-refractivity contribution < 1.29 is 9.32 Å². The fraction of sp³-hybridized carbons (Fsp3) is 0.345. The summed E-state index contributed by atoms with van der Waals surface area (Å²) in [6, 6.07) is 14.6. The van der Waals surface area contributed by atoms with Crippen LogP contribution in [0, 0.1) is 20.8 Å². The second kappa shape index (κ2) is 10.5. The molecule has 0 saturated carbocycles. The fourth-order valence-corrected chi connectivity index (χ4v) is 5.11. The van der Waals surface area contributed by atoms with Crippen molar-refractivity contribution in [2.24, 2.45) is 0 Å². The Bertz CT molecular complexity index is 1380. The van der Waals surface area contributed by atoms with Gasteiger partial charge < -0.3 is 14.4 Å². The lowest BCUT2D eigenvalue weighted by molar-refractivity contribution is 0.102. The van der Waals surface area contributed by atoms with Crippen molar-refractivity contribution in [3.8, 4) is 0 Å². The molecule has 186 valence electrons. The molecule has 36 heavy (non-hydrogen) atoms. The zero-order valence-corrected chi connectivity index (χ0v) is 21.3. The molecule has 0 aliphatic carbocycles. The summed E-state index contributed by atoms with van der Waals surface area (Å²) in [6.45, 7) is 9.77. The maximum absolute atomic E-state index is 12.7. The minimum Gasteiger partial charge on any atom is -0.361 e. The molecule has 0 atom stereocenters. The van der Waals surface area contributed by atoms with Crippen LogP contribution in [0.15, 0.2) is 59.4 Å². The van der Waals surface area contributed by atoms with Gasteiger partial charge in [-0.15, -0.1) is 0 Å². The average Bonchev–Trinajstić information content (AvgIpc) is 3.45. The van der Waals surface area contributed by atoms with Crippen molar-refractivity contribution in [2.75, 3.05) is 25.0 Å². The monoisotopic (exact) mass is 483 g/mol. The smallest absolute Gasteiger partial charge is 0.261 e. The second-order valence-corrected chi connectivity index (χ2v) is 9.61. The van der Waals surface area contributed by atoms with Gasteiger partial charge in [0, 0.05) is 25.3 Å². The van der Waals surface area contributed by atoms with E-state index >= 15 is 0 Å². The molecule has 7 nitrogen and oxygen atoms in total. The molecule has 1 aliphatic heterocycles. The summed E-state index contributed by atoms with van der Waals surface area (Å²) >= 11 is 0. The Kier molecular flexibility index (Phi) is 7.00.